The largest absolute Gasteiger partial charge is 0.415 e. The topological polar surface area (TPSA) is 55.6 Å². The molecule has 0 radical (unpaired) electrons. The number of carbonyl (C=O) groups is 1. The maximum absolute atomic E-state index is 12.6. The van der Waals surface area contributed by atoms with E-state index in [4.69, 9.17) is 10.5 Å². The van der Waals surface area contributed by atoms with Crippen molar-refractivity contribution in [2.75, 3.05) is 20.3 Å². The van der Waals surface area contributed by atoms with Crippen LogP contribution in [-0.2, 0) is 9.53 Å². The first kappa shape index (κ1) is 16.2. The van der Waals surface area contributed by atoms with Crippen LogP contribution in [0.1, 0.15) is 20.8 Å². The number of hydrogen-bond acceptors (Lipinski definition) is 3. The Morgan fingerprint density at radius 2 is 1.88 bits per heavy atom. The number of nitrogens with two attached hydrogens (primary N) is 1. The Morgan fingerprint density at radius 1 is 1.41 bits per heavy atom. The molecule has 0 aliphatic heterocycles. The van der Waals surface area contributed by atoms with Crippen LogP contribution in [-0.4, -0.2) is 48.8 Å². The summed E-state index contributed by atoms with van der Waals surface area (Å²) in [6, 6.07) is -0.372. The first-order chi connectivity index (χ1) is 7.55. The second kappa shape index (κ2) is 5.68. The van der Waals surface area contributed by atoms with Crippen LogP contribution in [0.4, 0.5) is 13.2 Å². The van der Waals surface area contributed by atoms with Crippen molar-refractivity contribution in [2.24, 2.45) is 5.73 Å². The maximum atomic E-state index is 12.6. The predicted molar refractivity (Wildman–Crippen MR) is 57.4 cm³/mol. The van der Waals surface area contributed by atoms with Gasteiger partial charge in [0.2, 0.25) is 0 Å². The van der Waals surface area contributed by atoms with Gasteiger partial charge in [-0.2, -0.15) is 13.2 Å². The van der Waals surface area contributed by atoms with E-state index in [1.54, 1.807) is 13.8 Å². The number of nitrogens with zero attached hydrogens (tertiary/aromatic N) is 1. The molecule has 0 bridgehead atoms. The lowest BCUT2D eigenvalue weighted by atomic mass is 10.0. The Labute approximate surface area is 98.9 Å². The molecule has 0 aliphatic rings. The molecule has 17 heavy (non-hydrogen) atoms. The Morgan fingerprint density at radius 3 is 2.18 bits per heavy atom. The van der Waals surface area contributed by atoms with Gasteiger partial charge in [-0.25, -0.2) is 0 Å². The fourth-order valence-corrected chi connectivity index (χ4v) is 1.20. The van der Waals surface area contributed by atoms with Crippen molar-refractivity contribution in [3.63, 3.8) is 0 Å². The van der Waals surface area contributed by atoms with E-state index in [2.05, 4.69) is 0 Å². The van der Waals surface area contributed by atoms with Crippen LogP contribution in [0.15, 0.2) is 0 Å². The summed E-state index contributed by atoms with van der Waals surface area (Å²) < 4.78 is 42.6. The highest BCUT2D eigenvalue weighted by Gasteiger charge is 2.55. The molecular formula is C10H19F3N2O2. The molecule has 0 aromatic heterocycles. The Hall–Kier alpha value is -0.820. The number of amides is 1. The molecule has 1 atom stereocenters. The summed E-state index contributed by atoms with van der Waals surface area (Å²) in [6.45, 7) is 4.17. The van der Waals surface area contributed by atoms with Gasteiger partial charge >= 0.3 is 6.18 Å². The van der Waals surface area contributed by atoms with Crippen molar-refractivity contribution >= 4 is 5.91 Å². The highest BCUT2D eigenvalue weighted by Crippen LogP contribution is 2.30. The van der Waals surface area contributed by atoms with Crippen LogP contribution in [0, 0.1) is 0 Å². The molecule has 4 nitrogen and oxygen atoms in total. The molecule has 0 spiro atoms. The third-order valence-electron chi connectivity index (χ3n) is 2.45. The summed E-state index contributed by atoms with van der Waals surface area (Å²) in [6.07, 6.45) is -4.77. The van der Waals surface area contributed by atoms with E-state index < -0.39 is 17.6 Å². The van der Waals surface area contributed by atoms with E-state index in [1.165, 1.54) is 7.11 Å². The van der Waals surface area contributed by atoms with Gasteiger partial charge in [-0.15, -0.1) is 0 Å². The minimum Gasteiger partial charge on any atom is -0.383 e. The zero-order valence-corrected chi connectivity index (χ0v) is 10.5. The molecule has 1 unspecified atom stereocenters. The summed E-state index contributed by atoms with van der Waals surface area (Å²) in [5.74, 6) is -1.14. The first-order valence-electron chi connectivity index (χ1n) is 5.21. The molecule has 0 rings (SSSR count). The van der Waals surface area contributed by atoms with Gasteiger partial charge in [0.15, 0.2) is 5.54 Å². The second-order valence-electron chi connectivity index (χ2n) is 4.29. The third-order valence-corrected chi connectivity index (χ3v) is 2.45. The van der Waals surface area contributed by atoms with Crippen LogP contribution in [0.5, 0.6) is 0 Å². The Bertz CT molecular complexity index is 265. The van der Waals surface area contributed by atoms with Crippen LogP contribution in [0.25, 0.3) is 0 Å². The number of rotatable bonds is 5. The molecule has 0 saturated carbocycles. The molecular weight excluding hydrogens is 237 g/mol. The van der Waals surface area contributed by atoms with Gasteiger partial charge in [0.25, 0.3) is 5.91 Å². The molecule has 0 saturated heterocycles. The lowest BCUT2D eigenvalue weighted by Crippen LogP contribution is -2.63. The fraction of sp³-hybridized carbons (Fsp3) is 0.900. The van der Waals surface area contributed by atoms with Gasteiger partial charge in [0.05, 0.1) is 6.61 Å². The Kier molecular flexibility index (Phi) is 5.41. The van der Waals surface area contributed by atoms with E-state index in [-0.39, 0.29) is 19.2 Å². The predicted octanol–water partition coefficient (Wildman–Crippen LogP) is 1.15. The van der Waals surface area contributed by atoms with Gasteiger partial charge in [0, 0.05) is 19.7 Å². The van der Waals surface area contributed by atoms with Gasteiger partial charge < -0.3 is 15.4 Å². The van der Waals surface area contributed by atoms with Gasteiger partial charge in [-0.05, 0) is 20.8 Å². The molecule has 0 aromatic rings. The number of halogens is 3. The molecule has 0 aliphatic carbocycles. The summed E-state index contributed by atoms with van der Waals surface area (Å²) in [4.78, 5) is 12.9. The zero-order valence-electron chi connectivity index (χ0n) is 10.5. The lowest BCUT2D eigenvalue weighted by molar-refractivity contribution is -0.195. The monoisotopic (exact) mass is 256 g/mol. The number of methoxy groups -OCH3 is 1. The van der Waals surface area contributed by atoms with Crippen molar-refractivity contribution in [1.29, 1.82) is 0 Å². The summed E-state index contributed by atoms with van der Waals surface area (Å²) in [7, 11) is 1.41. The van der Waals surface area contributed by atoms with Crippen LogP contribution >= 0.6 is 0 Å². The number of hydrogen-bond donors (Lipinski definition) is 1. The molecule has 0 aromatic carbocycles. The average Bonchev–Trinajstić information content (AvgIpc) is 2.15. The standard InChI is InChI=1S/C10H19F3N2O2/c1-7(2)15(5-6-17-4)8(16)9(3,14)10(11,12)13/h7H,5-6,14H2,1-4H3. The van der Waals surface area contributed by atoms with E-state index in [1.807, 2.05) is 0 Å². The van der Waals surface area contributed by atoms with Crippen molar-refractivity contribution in [2.45, 2.75) is 38.5 Å². The highest BCUT2D eigenvalue weighted by atomic mass is 19.4. The molecule has 7 heteroatoms. The van der Waals surface area contributed by atoms with Crippen molar-refractivity contribution in [3.05, 3.63) is 0 Å². The van der Waals surface area contributed by atoms with Crippen LogP contribution in [0.3, 0.4) is 0 Å². The summed E-state index contributed by atoms with van der Waals surface area (Å²) in [5, 5.41) is 0. The van der Waals surface area contributed by atoms with E-state index in [0.29, 0.717) is 6.92 Å². The maximum Gasteiger partial charge on any atom is 0.415 e. The van der Waals surface area contributed by atoms with Crippen molar-refractivity contribution in [3.8, 4) is 0 Å². The molecule has 1 amide bonds. The van der Waals surface area contributed by atoms with Crippen LogP contribution < -0.4 is 5.73 Å². The minimum atomic E-state index is -4.77. The van der Waals surface area contributed by atoms with Gasteiger partial charge in [0.1, 0.15) is 0 Å². The summed E-state index contributed by atoms with van der Waals surface area (Å²) in [5.41, 5.74) is 2.22. The molecule has 2 N–H and O–H groups in total. The second-order valence-corrected chi connectivity index (χ2v) is 4.29. The third kappa shape index (κ3) is 3.85. The molecule has 102 valence electrons. The first-order valence-corrected chi connectivity index (χ1v) is 5.21. The number of carbonyl (C=O) groups excluding carboxylic acids is 1. The minimum absolute atomic E-state index is 0.0792. The Balaban J connectivity index is 4.96. The zero-order chi connectivity index (χ0) is 13.9. The summed E-state index contributed by atoms with van der Waals surface area (Å²) >= 11 is 0. The quantitative estimate of drug-likeness (QED) is 0.802. The molecule has 0 heterocycles. The molecule has 0 fully saturated rings. The number of alkyl halides is 3. The van der Waals surface area contributed by atoms with Crippen molar-refractivity contribution in [1.82, 2.24) is 4.90 Å². The van der Waals surface area contributed by atoms with Gasteiger partial charge in [-0.1, -0.05) is 0 Å². The van der Waals surface area contributed by atoms with E-state index >= 15 is 0 Å². The van der Waals surface area contributed by atoms with Crippen LogP contribution in [0.2, 0.25) is 0 Å². The van der Waals surface area contributed by atoms with Gasteiger partial charge in [-0.3, -0.25) is 4.79 Å². The van der Waals surface area contributed by atoms with E-state index in [0.717, 1.165) is 4.90 Å². The fourth-order valence-electron chi connectivity index (χ4n) is 1.20. The normalized spacial score (nSPS) is 15.8. The SMILES string of the molecule is COCCN(C(=O)C(C)(N)C(F)(F)F)C(C)C. The van der Waals surface area contributed by atoms with Crippen molar-refractivity contribution < 1.29 is 22.7 Å². The number of ether oxygens (including phenoxy) is 1. The van der Waals surface area contributed by atoms with E-state index in [9.17, 15) is 18.0 Å². The smallest absolute Gasteiger partial charge is 0.383 e. The highest BCUT2D eigenvalue weighted by molar-refractivity contribution is 5.87. The lowest BCUT2D eigenvalue weighted by Gasteiger charge is -2.35. The average molecular weight is 256 g/mol.